The fraction of sp³-hybridized carbons (Fsp3) is 0.526. The van der Waals surface area contributed by atoms with Gasteiger partial charge in [-0.1, -0.05) is 0 Å². The molecule has 2 amide bonds. The minimum Gasteiger partial charge on any atom is -0.493 e. The maximum absolute atomic E-state index is 12.9. The Kier molecular flexibility index (Phi) is 8.09. The van der Waals surface area contributed by atoms with E-state index in [1.54, 1.807) is 39.0 Å². The van der Waals surface area contributed by atoms with Crippen LogP contribution >= 0.6 is 0 Å². The minimum absolute atomic E-state index is 0.0783. The highest BCUT2D eigenvalue weighted by Gasteiger charge is 2.28. The number of ether oxygens (including phenoxy) is 3. The molecule has 1 aromatic rings. The molecule has 0 spiro atoms. The van der Waals surface area contributed by atoms with E-state index in [0.29, 0.717) is 17.2 Å². The van der Waals surface area contributed by atoms with Crippen LogP contribution in [0.3, 0.4) is 0 Å². The van der Waals surface area contributed by atoms with Crippen LogP contribution in [0.4, 0.5) is 10.5 Å². The van der Waals surface area contributed by atoms with Crippen LogP contribution in [0.25, 0.3) is 0 Å². The van der Waals surface area contributed by atoms with E-state index in [9.17, 15) is 14.4 Å². The van der Waals surface area contributed by atoms with Gasteiger partial charge < -0.3 is 29.5 Å². The summed E-state index contributed by atoms with van der Waals surface area (Å²) in [7, 11) is 4.50. The fourth-order valence-corrected chi connectivity index (χ4v) is 2.37. The summed E-state index contributed by atoms with van der Waals surface area (Å²) >= 11 is 0. The molecule has 2 N–H and O–H groups in total. The fourth-order valence-electron chi connectivity index (χ4n) is 2.37. The van der Waals surface area contributed by atoms with Crippen molar-refractivity contribution in [2.45, 2.75) is 45.3 Å². The Labute approximate surface area is 164 Å². The number of alkyl carbamates (subject to hydrolysis) is 1. The van der Waals surface area contributed by atoms with Crippen LogP contribution in [0, 0.1) is 0 Å². The van der Waals surface area contributed by atoms with Gasteiger partial charge in [-0.25, -0.2) is 4.79 Å². The number of rotatable bonds is 8. The van der Waals surface area contributed by atoms with Crippen LogP contribution < -0.4 is 19.7 Å². The molecule has 28 heavy (non-hydrogen) atoms. The zero-order valence-electron chi connectivity index (χ0n) is 17.1. The Morgan fingerprint density at radius 2 is 1.75 bits per heavy atom. The molecule has 0 heterocycles. The second-order valence-electron chi connectivity index (χ2n) is 7.07. The quantitative estimate of drug-likeness (QED) is 0.693. The van der Waals surface area contributed by atoms with E-state index >= 15 is 0 Å². The van der Waals surface area contributed by atoms with E-state index in [0.717, 1.165) is 0 Å². The van der Waals surface area contributed by atoms with Crippen molar-refractivity contribution in [3.63, 3.8) is 0 Å². The summed E-state index contributed by atoms with van der Waals surface area (Å²) in [5.41, 5.74) is -0.256. The number of aliphatic carboxylic acids is 1. The first-order valence-electron chi connectivity index (χ1n) is 8.69. The Hall–Kier alpha value is -2.97. The van der Waals surface area contributed by atoms with Crippen molar-refractivity contribution in [2.75, 3.05) is 26.2 Å². The number of likely N-dealkylation sites (N-methyl/N-ethyl adjacent to an activating group) is 1. The Balaban J connectivity index is 3.03. The highest BCUT2D eigenvalue weighted by Crippen LogP contribution is 2.31. The number of hydrogen-bond donors (Lipinski definition) is 2. The lowest BCUT2D eigenvalue weighted by Crippen LogP contribution is -2.49. The number of carboxylic acid groups (broad SMARTS) is 1. The van der Waals surface area contributed by atoms with E-state index in [-0.39, 0.29) is 12.8 Å². The molecule has 0 aliphatic heterocycles. The van der Waals surface area contributed by atoms with Crippen LogP contribution in [0.5, 0.6) is 11.5 Å². The highest BCUT2D eigenvalue weighted by atomic mass is 16.6. The molecule has 0 fully saturated rings. The summed E-state index contributed by atoms with van der Waals surface area (Å²) < 4.78 is 15.6. The third-order valence-corrected chi connectivity index (χ3v) is 3.72. The molecular formula is C19H28N2O7. The average molecular weight is 396 g/mol. The van der Waals surface area contributed by atoms with Gasteiger partial charge in [0.2, 0.25) is 5.91 Å². The molecule has 1 atom stereocenters. The van der Waals surface area contributed by atoms with Gasteiger partial charge in [0.1, 0.15) is 11.6 Å². The minimum atomic E-state index is -1.07. The van der Waals surface area contributed by atoms with E-state index in [4.69, 9.17) is 19.3 Å². The standard InChI is InChI=1S/C19H28N2O7/c1-19(2,3)28-18(25)20-13(8-10-16(22)23)17(24)21(4)12-7-9-14(26-5)15(11-12)27-6/h7,9,11,13H,8,10H2,1-6H3,(H,20,25)(H,22,23)/t13-/m0/s1. The van der Waals surface area contributed by atoms with Crippen LogP contribution in [0.2, 0.25) is 0 Å². The average Bonchev–Trinajstić information content (AvgIpc) is 2.61. The summed E-state index contributed by atoms with van der Waals surface area (Å²) in [6.07, 6.45) is -1.16. The summed E-state index contributed by atoms with van der Waals surface area (Å²) in [6.45, 7) is 5.07. The molecule has 0 saturated heterocycles. The maximum atomic E-state index is 12.9. The number of benzene rings is 1. The zero-order valence-corrected chi connectivity index (χ0v) is 17.1. The number of hydrogen-bond acceptors (Lipinski definition) is 6. The van der Waals surface area contributed by atoms with Crippen molar-refractivity contribution in [3.05, 3.63) is 18.2 Å². The Morgan fingerprint density at radius 1 is 1.14 bits per heavy atom. The number of anilines is 1. The number of nitrogens with one attached hydrogen (secondary N) is 1. The normalized spacial score (nSPS) is 11.9. The molecule has 156 valence electrons. The number of amides is 2. The Bertz CT molecular complexity index is 713. The molecule has 1 aromatic carbocycles. The summed E-state index contributed by atoms with van der Waals surface area (Å²) in [4.78, 5) is 37.2. The van der Waals surface area contributed by atoms with Gasteiger partial charge in [-0.2, -0.15) is 0 Å². The molecule has 9 nitrogen and oxygen atoms in total. The second kappa shape index (κ2) is 9.82. The Morgan fingerprint density at radius 3 is 2.25 bits per heavy atom. The largest absolute Gasteiger partial charge is 0.493 e. The monoisotopic (exact) mass is 396 g/mol. The maximum Gasteiger partial charge on any atom is 0.408 e. The summed E-state index contributed by atoms with van der Waals surface area (Å²) in [6, 6.07) is 3.84. The lowest BCUT2D eigenvalue weighted by molar-refractivity contribution is -0.137. The van der Waals surface area contributed by atoms with Gasteiger partial charge in [0.05, 0.1) is 14.2 Å². The van der Waals surface area contributed by atoms with Crippen LogP contribution in [0.1, 0.15) is 33.6 Å². The molecule has 0 saturated carbocycles. The summed E-state index contributed by atoms with van der Waals surface area (Å²) in [5.74, 6) is -0.625. The highest BCUT2D eigenvalue weighted by molar-refractivity contribution is 5.98. The van der Waals surface area contributed by atoms with Crippen LogP contribution in [-0.2, 0) is 14.3 Å². The molecular weight excluding hydrogens is 368 g/mol. The number of nitrogens with zero attached hydrogens (tertiary/aromatic N) is 1. The zero-order chi connectivity index (χ0) is 21.5. The first-order chi connectivity index (χ1) is 13.0. The van der Waals surface area contributed by atoms with Crippen LogP contribution in [0.15, 0.2) is 18.2 Å². The molecule has 9 heteroatoms. The molecule has 0 unspecified atom stereocenters. The first-order valence-corrected chi connectivity index (χ1v) is 8.69. The smallest absolute Gasteiger partial charge is 0.408 e. The molecule has 1 rings (SSSR count). The van der Waals surface area contributed by atoms with Gasteiger partial charge in [-0.05, 0) is 39.3 Å². The van der Waals surface area contributed by atoms with Crippen molar-refractivity contribution in [2.24, 2.45) is 0 Å². The predicted molar refractivity (Wildman–Crippen MR) is 103 cm³/mol. The molecule has 0 bridgehead atoms. The van der Waals surface area contributed by atoms with Crippen molar-refractivity contribution >= 4 is 23.7 Å². The first kappa shape index (κ1) is 23.1. The predicted octanol–water partition coefficient (Wildman–Crippen LogP) is 2.42. The molecule has 0 aliphatic rings. The van der Waals surface area contributed by atoms with Gasteiger partial charge in [-0.3, -0.25) is 9.59 Å². The second-order valence-corrected chi connectivity index (χ2v) is 7.07. The van der Waals surface area contributed by atoms with E-state index < -0.39 is 29.6 Å². The van der Waals surface area contributed by atoms with Gasteiger partial charge in [0.25, 0.3) is 0 Å². The SMILES string of the molecule is COc1ccc(N(C)C(=O)[C@H](CCC(=O)O)NC(=O)OC(C)(C)C)cc1OC. The van der Waals surface area contributed by atoms with E-state index in [2.05, 4.69) is 5.32 Å². The van der Waals surface area contributed by atoms with Gasteiger partial charge in [0.15, 0.2) is 11.5 Å². The number of methoxy groups -OCH3 is 2. The van der Waals surface area contributed by atoms with E-state index in [1.165, 1.54) is 26.2 Å². The van der Waals surface area contributed by atoms with Crippen molar-refractivity contribution < 1.29 is 33.7 Å². The topological polar surface area (TPSA) is 114 Å². The third-order valence-electron chi connectivity index (χ3n) is 3.72. The number of carboxylic acids is 1. The van der Waals surface area contributed by atoms with Gasteiger partial charge in [-0.15, -0.1) is 0 Å². The van der Waals surface area contributed by atoms with Crippen molar-refractivity contribution in [1.82, 2.24) is 5.32 Å². The molecule has 0 radical (unpaired) electrons. The third kappa shape index (κ3) is 6.98. The van der Waals surface area contributed by atoms with E-state index in [1.807, 2.05) is 0 Å². The summed E-state index contributed by atoms with van der Waals surface area (Å²) in [5, 5.41) is 11.4. The number of carbonyl (C=O) groups excluding carboxylic acids is 2. The lowest BCUT2D eigenvalue weighted by atomic mass is 10.1. The lowest BCUT2D eigenvalue weighted by Gasteiger charge is -2.26. The van der Waals surface area contributed by atoms with Crippen LogP contribution in [-0.4, -0.2) is 56.0 Å². The van der Waals surface area contributed by atoms with Gasteiger partial charge in [0, 0.05) is 25.2 Å². The molecule has 0 aliphatic carbocycles. The number of carbonyl (C=O) groups is 3. The molecule has 0 aromatic heterocycles. The van der Waals surface area contributed by atoms with Gasteiger partial charge >= 0.3 is 12.1 Å². The van der Waals surface area contributed by atoms with Crippen molar-refractivity contribution in [1.29, 1.82) is 0 Å². The van der Waals surface area contributed by atoms with Crippen molar-refractivity contribution in [3.8, 4) is 11.5 Å².